The second kappa shape index (κ2) is 3.40. The molecule has 0 atom stereocenters. The highest BCUT2D eigenvalue weighted by molar-refractivity contribution is 5.75. The van der Waals surface area contributed by atoms with Crippen molar-refractivity contribution in [2.45, 2.75) is 6.92 Å². The van der Waals surface area contributed by atoms with Crippen molar-refractivity contribution in [3.8, 4) is 0 Å². The minimum Gasteiger partial charge on any atom is -0.286 e. The first-order valence-electron chi connectivity index (χ1n) is 2.42. The topological polar surface area (TPSA) is 51.1 Å². The molecule has 0 bridgehead atoms. The largest absolute Gasteiger partial charge is 0.286 e. The number of hydrazine groups is 2. The van der Waals surface area contributed by atoms with Gasteiger partial charge in [-0.1, -0.05) is 0 Å². The van der Waals surface area contributed by atoms with Crippen molar-refractivity contribution >= 4 is 5.84 Å². The summed E-state index contributed by atoms with van der Waals surface area (Å²) in [6.45, 7) is 1.69. The number of hydrogen-bond donors (Lipinski definition) is 3. The second-order valence-corrected chi connectivity index (χ2v) is 1.37. The maximum absolute atomic E-state index is 7.05. The summed E-state index contributed by atoms with van der Waals surface area (Å²) >= 11 is 0. The van der Waals surface area contributed by atoms with Gasteiger partial charge >= 0.3 is 0 Å². The van der Waals surface area contributed by atoms with Crippen molar-refractivity contribution < 1.29 is 0 Å². The van der Waals surface area contributed by atoms with E-state index in [1.54, 1.807) is 21.0 Å². The van der Waals surface area contributed by atoms with Crippen LogP contribution in [0.5, 0.6) is 0 Å². The van der Waals surface area contributed by atoms with E-state index in [2.05, 4.69) is 10.9 Å². The fraction of sp³-hybridized carbons (Fsp3) is 0.750. The van der Waals surface area contributed by atoms with Crippen LogP contribution in [0, 0.1) is 5.41 Å². The molecule has 4 heteroatoms. The quantitative estimate of drug-likeness (QED) is 0.260. The minimum atomic E-state index is 0.440. The highest BCUT2D eigenvalue weighted by atomic mass is 15.7. The van der Waals surface area contributed by atoms with Gasteiger partial charge in [0.25, 0.3) is 0 Å². The van der Waals surface area contributed by atoms with E-state index in [9.17, 15) is 0 Å². The summed E-state index contributed by atoms with van der Waals surface area (Å²) in [6, 6.07) is 0. The molecule has 48 valence electrons. The van der Waals surface area contributed by atoms with E-state index >= 15 is 0 Å². The average Bonchev–Trinajstić information content (AvgIpc) is 1.69. The van der Waals surface area contributed by atoms with Gasteiger partial charge in [-0.2, -0.15) is 0 Å². The van der Waals surface area contributed by atoms with Gasteiger partial charge in [-0.05, 0) is 6.92 Å². The van der Waals surface area contributed by atoms with Gasteiger partial charge in [0.1, 0.15) is 5.84 Å². The molecule has 0 aliphatic heterocycles. The summed E-state index contributed by atoms with van der Waals surface area (Å²) in [5.74, 6) is 0.440. The van der Waals surface area contributed by atoms with Gasteiger partial charge in [-0.15, -0.1) is 0 Å². The lowest BCUT2D eigenvalue weighted by Crippen LogP contribution is -2.46. The molecular weight excluding hydrogens is 104 g/mol. The van der Waals surface area contributed by atoms with E-state index in [0.29, 0.717) is 5.84 Å². The van der Waals surface area contributed by atoms with Crippen molar-refractivity contribution in [1.29, 1.82) is 5.41 Å². The Morgan fingerprint density at radius 3 is 1.75 bits per heavy atom. The maximum atomic E-state index is 7.05. The zero-order valence-corrected chi connectivity index (χ0v) is 5.45. The smallest absolute Gasteiger partial charge is 0.124 e. The molecule has 0 spiro atoms. The fourth-order valence-corrected chi connectivity index (χ4v) is 0.447. The van der Waals surface area contributed by atoms with Crippen LogP contribution < -0.4 is 10.9 Å². The lowest BCUT2D eigenvalue weighted by molar-refractivity contribution is 0.263. The van der Waals surface area contributed by atoms with E-state index in [1.165, 1.54) is 5.12 Å². The van der Waals surface area contributed by atoms with E-state index < -0.39 is 0 Å². The zero-order valence-electron chi connectivity index (χ0n) is 5.45. The Kier molecular flexibility index (Phi) is 3.14. The summed E-state index contributed by atoms with van der Waals surface area (Å²) in [6.07, 6.45) is 0. The maximum Gasteiger partial charge on any atom is 0.124 e. The van der Waals surface area contributed by atoms with Crippen LogP contribution in [-0.4, -0.2) is 25.0 Å². The summed E-state index contributed by atoms with van der Waals surface area (Å²) in [4.78, 5) is 0. The van der Waals surface area contributed by atoms with Gasteiger partial charge in [0.05, 0.1) is 0 Å². The van der Waals surface area contributed by atoms with Gasteiger partial charge in [-0.3, -0.25) is 5.41 Å². The molecule has 0 fully saturated rings. The third kappa shape index (κ3) is 1.90. The second-order valence-electron chi connectivity index (χ2n) is 1.37. The number of amidine groups is 1. The Labute approximate surface area is 49.3 Å². The van der Waals surface area contributed by atoms with Gasteiger partial charge in [0.2, 0.25) is 0 Å². The van der Waals surface area contributed by atoms with Crippen LogP contribution in [0.1, 0.15) is 6.92 Å². The molecule has 0 unspecified atom stereocenters. The predicted molar refractivity (Wildman–Crippen MR) is 33.4 cm³/mol. The van der Waals surface area contributed by atoms with Crippen molar-refractivity contribution in [2.24, 2.45) is 0 Å². The summed E-state index contributed by atoms with van der Waals surface area (Å²) in [5, 5.41) is 8.55. The zero-order chi connectivity index (χ0) is 6.57. The SMILES string of the molecule is CNN(NC)C(C)=N. The molecule has 0 heterocycles. The normalized spacial score (nSPS) is 8.88. The molecule has 0 aromatic heterocycles. The molecule has 8 heavy (non-hydrogen) atoms. The number of nitrogens with zero attached hydrogens (tertiary/aromatic N) is 1. The lowest BCUT2D eigenvalue weighted by Gasteiger charge is -2.18. The average molecular weight is 116 g/mol. The van der Waals surface area contributed by atoms with Crippen LogP contribution in [0.4, 0.5) is 0 Å². The van der Waals surface area contributed by atoms with Crippen LogP contribution in [0.2, 0.25) is 0 Å². The third-order valence-electron chi connectivity index (χ3n) is 0.783. The summed E-state index contributed by atoms with van der Waals surface area (Å²) in [5.41, 5.74) is 5.50. The standard InChI is InChI=1S/C4H12N4/c1-4(5)8(6-2)7-3/h5-7H,1-3H3. The monoisotopic (exact) mass is 116 g/mol. The van der Waals surface area contributed by atoms with E-state index in [4.69, 9.17) is 5.41 Å². The summed E-state index contributed by atoms with van der Waals surface area (Å²) < 4.78 is 0. The first-order chi connectivity index (χ1) is 3.72. The van der Waals surface area contributed by atoms with Gasteiger partial charge in [0.15, 0.2) is 0 Å². The van der Waals surface area contributed by atoms with Crippen molar-refractivity contribution in [1.82, 2.24) is 16.0 Å². The molecular formula is C4H12N4. The van der Waals surface area contributed by atoms with Crippen molar-refractivity contribution in [3.63, 3.8) is 0 Å². The van der Waals surface area contributed by atoms with Gasteiger partial charge in [-0.25, -0.2) is 16.0 Å². The van der Waals surface area contributed by atoms with Crippen LogP contribution in [0.15, 0.2) is 0 Å². The molecule has 0 saturated heterocycles. The molecule has 0 aliphatic rings. The Bertz CT molecular complexity index is 76.1. The molecule has 0 aromatic carbocycles. The molecule has 0 aromatic rings. The summed E-state index contributed by atoms with van der Waals surface area (Å²) in [7, 11) is 3.49. The van der Waals surface area contributed by atoms with Crippen molar-refractivity contribution in [3.05, 3.63) is 0 Å². The molecule has 0 rings (SSSR count). The van der Waals surface area contributed by atoms with Crippen molar-refractivity contribution in [2.75, 3.05) is 14.1 Å². The Hall–Kier alpha value is -0.610. The predicted octanol–water partition coefficient (Wildman–Crippen LogP) is -0.446. The fourth-order valence-electron chi connectivity index (χ4n) is 0.447. The van der Waals surface area contributed by atoms with E-state index in [0.717, 1.165) is 0 Å². The molecule has 4 nitrogen and oxygen atoms in total. The lowest BCUT2D eigenvalue weighted by atomic mass is 10.7. The van der Waals surface area contributed by atoms with E-state index in [1.807, 2.05) is 0 Å². The van der Waals surface area contributed by atoms with Crippen LogP contribution >= 0.6 is 0 Å². The minimum absolute atomic E-state index is 0.440. The van der Waals surface area contributed by atoms with Crippen LogP contribution in [-0.2, 0) is 0 Å². The Balaban J connectivity index is 3.52. The van der Waals surface area contributed by atoms with Gasteiger partial charge in [0, 0.05) is 14.1 Å². The molecule has 0 amide bonds. The van der Waals surface area contributed by atoms with Crippen LogP contribution in [0.25, 0.3) is 0 Å². The Morgan fingerprint density at radius 2 is 1.75 bits per heavy atom. The number of nitrogens with one attached hydrogen (secondary N) is 3. The first-order valence-corrected chi connectivity index (χ1v) is 2.42. The van der Waals surface area contributed by atoms with E-state index in [-0.39, 0.29) is 0 Å². The highest BCUT2D eigenvalue weighted by Crippen LogP contribution is 1.71. The molecule has 3 N–H and O–H groups in total. The van der Waals surface area contributed by atoms with Crippen LogP contribution in [0.3, 0.4) is 0 Å². The Morgan fingerprint density at radius 1 is 1.38 bits per heavy atom. The molecule has 0 saturated carbocycles. The number of rotatable bonds is 2. The highest BCUT2D eigenvalue weighted by Gasteiger charge is 1.94. The first kappa shape index (κ1) is 7.39. The number of hydrogen-bond acceptors (Lipinski definition) is 3. The third-order valence-corrected chi connectivity index (χ3v) is 0.783. The molecule has 0 radical (unpaired) electrons. The van der Waals surface area contributed by atoms with Gasteiger partial charge < -0.3 is 0 Å². The molecule has 0 aliphatic carbocycles.